The van der Waals surface area contributed by atoms with Gasteiger partial charge in [0.15, 0.2) is 0 Å². The lowest BCUT2D eigenvalue weighted by Crippen LogP contribution is -1.95. The maximum Gasteiger partial charge on any atom is 0.120 e. The molecule has 0 saturated heterocycles. The van der Waals surface area contributed by atoms with Gasteiger partial charge in [0.1, 0.15) is 5.75 Å². The van der Waals surface area contributed by atoms with Crippen LogP contribution in [0, 0.1) is 6.92 Å². The number of aromatic nitrogens is 1. The first-order valence-corrected chi connectivity index (χ1v) is 4.90. The number of hydrogen-bond donors (Lipinski definition) is 0. The van der Waals surface area contributed by atoms with Crippen molar-refractivity contribution in [1.29, 1.82) is 0 Å². The molecule has 2 aromatic rings. The van der Waals surface area contributed by atoms with E-state index in [2.05, 4.69) is 36.6 Å². The Kier molecular flexibility index (Phi) is 2.20. The highest BCUT2D eigenvalue weighted by molar-refractivity contribution is 5.82. The van der Waals surface area contributed by atoms with Crippen LogP contribution in [-0.4, -0.2) is 11.7 Å². The van der Waals surface area contributed by atoms with Crippen LogP contribution in [0.5, 0.6) is 5.75 Å². The predicted molar refractivity (Wildman–Crippen MR) is 58.9 cm³/mol. The van der Waals surface area contributed by atoms with Crippen molar-refractivity contribution in [3.63, 3.8) is 0 Å². The number of fused-ring (bicyclic) bond motifs is 1. The Hall–Kier alpha value is -1.44. The molecule has 1 aromatic heterocycles. The van der Waals surface area contributed by atoms with E-state index in [-0.39, 0.29) is 0 Å². The zero-order chi connectivity index (χ0) is 10.1. The molecule has 0 aliphatic rings. The van der Waals surface area contributed by atoms with E-state index in [1.54, 1.807) is 7.11 Å². The van der Waals surface area contributed by atoms with E-state index in [0.717, 1.165) is 12.3 Å². The second-order valence-electron chi connectivity index (χ2n) is 3.45. The predicted octanol–water partition coefficient (Wildman–Crippen LogP) is 2.98. The molecule has 0 aliphatic heterocycles. The Balaban J connectivity index is 2.71. The molecule has 0 aliphatic carbocycles. The minimum Gasteiger partial charge on any atom is -0.497 e. The van der Waals surface area contributed by atoms with Gasteiger partial charge in [-0.1, -0.05) is 0 Å². The van der Waals surface area contributed by atoms with Gasteiger partial charge in [-0.05, 0) is 32.0 Å². The molecule has 1 aromatic carbocycles. The molecule has 14 heavy (non-hydrogen) atoms. The summed E-state index contributed by atoms with van der Waals surface area (Å²) in [5.41, 5.74) is 2.56. The number of rotatable bonds is 2. The zero-order valence-corrected chi connectivity index (χ0v) is 8.87. The van der Waals surface area contributed by atoms with Crippen molar-refractivity contribution >= 4 is 10.9 Å². The van der Waals surface area contributed by atoms with E-state index in [0.29, 0.717) is 0 Å². The smallest absolute Gasteiger partial charge is 0.120 e. The van der Waals surface area contributed by atoms with E-state index >= 15 is 0 Å². The molecule has 0 spiro atoms. The fourth-order valence-electron chi connectivity index (χ4n) is 1.92. The molecule has 2 heteroatoms. The summed E-state index contributed by atoms with van der Waals surface area (Å²) in [5.74, 6) is 0.922. The molecule has 0 amide bonds. The molecular weight excluding hydrogens is 174 g/mol. The summed E-state index contributed by atoms with van der Waals surface area (Å²) < 4.78 is 7.51. The fraction of sp³-hybridized carbons (Fsp3) is 0.333. The van der Waals surface area contributed by atoms with Crippen molar-refractivity contribution < 1.29 is 4.74 Å². The Labute approximate surface area is 84.1 Å². The normalized spacial score (nSPS) is 10.8. The third-order valence-corrected chi connectivity index (χ3v) is 2.63. The van der Waals surface area contributed by atoms with Crippen molar-refractivity contribution in [3.8, 4) is 5.75 Å². The van der Waals surface area contributed by atoms with Crippen LogP contribution < -0.4 is 4.74 Å². The summed E-state index contributed by atoms with van der Waals surface area (Å²) in [7, 11) is 1.70. The Morgan fingerprint density at radius 1 is 1.29 bits per heavy atom. The van der Waals surface area contributed by atoms with E-state index < -0.39 is 0 Å². The van der Waals surface area contributed by atoms with Gasteiger partial charge in [-0.25, -0.2) is 0 Å². The number of hydrogen-bond acceptors (Lipinski definition) is 1. The summed E-state index contributed by atoms with van der Waals surface area (Å²) in [4.78, 5) is 0. The molecule has 0 radical (unpaired) electrons. The van der Waals surface area contributed by atoms with Crippen LogP contribution in [-0.2, 0) is 6.54 Å². The van der Waals surface area contributed by atoms with E-state index in [1.165, 1.54) is 16.6 Å². The molecule has 0 unspecified atom stereocenters. The number of benzene rings is 1. The summed E-state index contributed by atoms with van der Waals surface area (Å²) in [6.45, 7) is 5.30. The SMILES string of the molecule is CCn1c(C)cc2ccc(OC)cc21. The standard InChI is InChI=1S/C12H15NO/c1-4-13-9(2)7-10-5-6-11(14-3)8-12(10)13/h5-8H,4H2,1-3H3. The van der Waals surface area contributed by atoms with E-state index in [9.17, 15) is 0 Å². The Bertz CT molecular complexity index is 457. The van der Waals surface area contributed by atoms with Crippen molar-refractivity contribution in [1.82, 2.24) is 4.57 Å². The maximum atomic E-state index is 5.22. The monoisotopic (exact) mass is 189 g/mol. The highest BCUT2D eigenvalue weighted by atomic mass is 16.5. The van der Waals surface area contributed by atoms with Gasteiger partial charge in [-0.3, -0.25) is 0 Å². The first-order valence-electron chi connectivity index (χ1n) is 4.90. The highest BCUT2D eigenvalue weighted by Gasteiger charge is 2.04. The summed E-state index contributed by atoms with van der Waals surface area (Å²) >= 11 is 0. The molecule has 74 valence electrons. The topological polar surface area (TPSA) is 14.2 Å². The van der Waals surface area contributed by atoms with Crippen LogP contribution >= 0.6 is 0 Å². The fourth-order valence-corrected chi connectivity index (χ4v) is 1.92. The maximum absolute atomic E-state index is 5.22. The average Bonchev–Trinajstić information content (AvgIpc) is 2.52. The van der Waals surface area contributed by atoms with Gasteiger partial charge in [0, 0.05) is 23.7 Å². The molecule has 0 saturated carbocycles. The molecule has 0 bridgehead atoms. The average molecular weight is 189 g/mol. The number of ether oxygens (including phenoxy) is 1. The minimum atomic E-state index is 0.922. The van der Waals surface area contributed by atoms with Crippen molar-refractivity contribution in [2.45, 2.75) is 20.4 Å². The lowest BCUT2D eigenvalue weighted by Gasteiger charge is -2.05. The number of methoxy groups -OCH3 is 1. The molecule has 2 rings (SSSR count). The molecule has 2 nitrogen and oxygen atoms in total. The van der Waals surface area contributed by atoms with Crippen LogP contribution in [0.2, 0.25) is 0 Å². The second-order valence-corrected chi connectivity index (χ2v) is 3.45. The van der Waals surface area contributed by atoms with Crippen LogP contribution in [0.4, 0.5) is 0 Å². The number of nitrogens with zero attached hydrogens (tertiary/aromatic N) is 1. The van der Waals surface area contributed by atoms with Crippen LogP contribution in [0.3, 0.4) is 0 Å². The lowest BCUT2D eigenvalue weighted by molar-refractivity contribution is 0.415. The van der Waals surface area contributed by atoms with Crippen molar-refractivity contribution in [2.75, 3.05) is 7.11 Å². The van der Waals surface area contributed by atoms with Crippen LogP contribution in [0.25, 0.3) is 10.9 Å². The van der Waals surface area contributed by atoms with Gasteiger partial charge in [0.25, 0.3) is 0 Å². The van der Waals surface area contributed by atoms with Gasteiger partial charge in [0.2, 0.25) is 0 Å². The third-order valence-electron chi connectivity index (χ3n) is 2.63. The first-order chi connectivity index (χ1) is 6.76. The third kappa shape index (κ3) is 1.27. The van der Waals surface area contributed by atoms with Gasteiger partial charge in [-0.15, -0.1) is 0 Å². The zero-order valence-electron chi connectivity index (χ0n) is 8.87. The molecule has 0 N–H and O–H groups in total. The molecule has 0 fully saturated rings. The van der Waals surface area contributed by atoms with Crippen LogP contribution in [0.15, 0.2) is 24.3 Å². The molecular formula is C12H15NO. The van der Waals surface area contributed by atoms with Gasteiger partial charge < -0.3 is 9.30 Å². The molecule has 0 atom stereocenters. The van der Waals surface area contributed by atoms with E-state index in [4.69, 9.17) is 4.74 Å². The Morgan fingerprint density at radius 2 is 2.07 bits per heavy atom. The second kappa shape index (κ2) is 3.37. The summed E-state index contributed by atoms with van der Waals surface area (Å²) in [6.07, 6.45) is 0. The number of aryl methyl sites for hydroxylation is 2. The van der Waals surface area contributed by atoms with Gasteiger partial charge in [-0.2, -0.15) is 0 Å². The highest BCUT2D eigenvalue weighted by Crippen LogP contribution is 2.24. The first kappa shape index (κ1) is 9.13. The van der Waals surface area contributed by atoms with Crippen molar-refractivity contribution in [3.05, 3.63) is 30.0 Å². The quantitative estimate of drug-likeness (QED) is 0.708. The largest absolute Gasteiger partial charge is 0.497 e. The van der Waals surface area contributed by atoms with E-state index in [1.807, 2.05) is 6.07 Å². The van der Waals surface area contributed by atoms with Gasteiger partial charge in [0.05, 0.1) is 12.6 Å². The minimum absolute atomic E-state index is 0.922. The van der Waals surface area contributed by atoms with Gasteiger partial charge >= 0.3 is 0 Å². The Morgan fingerprint density at radius 3 is 2.71 bits per heavy atom. The summed E-state index contributed by atoms with van der Waals surface area (Å²) in [5, 5.41) is 1.28. The summed E-state index contributed by atoms with van der Waals surface area (Å²) in [6, 6.07) is 8.40. The van der Waals surface area contributed by atoms with Crippen molar-refractivity contribution in [2.24, 2.45) is 0 Å². The van der Waals surface area contributed by atoms with Crippen LogP contribution in [0.1, 0.15) is 12.6 Å². The molecule has 1 heterocycles. The lowest BCUT2D eigenvalue weighted by atomic mass is 10.2.